The van der Waals surface area contributed by atoms with Crippen molar-refractivity contribution in [3.05, 3.63) is 34.3 Å². The van der Waals surface area contributed by atoms with Crippen LogP contribution in [0.3, 0.4) is 0 Å². The Morgan fingerprint density at radius 3 is 2.88 bits per heavy atom. The van der Waals surface area contributed by atoms with Crippen LogP contribution in [0.5, 0.6) is 0 Å². The third-order valence-corrected chi connectivity index (χ3v) is 4.52. The highest BCUT2D eigenvalue weighted by Crippen LogP contribution is 2.29. The Morgan fingerprint density at radius 1 is 1.29 bits per heavy atom. The molecule has 1 aromatic carbocycles. The van der Waals surface area contributed by atoms with Gasteiger partial charge in [0.25, 0.3) is 0 Å². The standard InChI is InChI=1S/C15H22BrN/c1-2-17-14-8-5-6-12(11-14)10-13-7-3-4-9-15(13)16/h3-4,7,9,12,14,17H,2,5-6,8,10-11H2,1H3. The van der Waals surface area contributed by atoms with Gasteiger partial charge in [-0.1, -0.05) is 53.9 Å². The van der Waals surface area contributed by atoms with E-state index in [0.29, 0.717) is 0 Å². The van der Waals surface area contributed by atoms with Crippen LogP contribution in [0.1, 0.15) is 38.2 Å². The number of rotatable bonds is 4. The van der Waals surface area contributed by atoms with Crippen LogP contribution in [0.2, 0.25) is 0 Å². The van der Waals surface area contributed by atoms with Crippen molar-refractivity contribution in [3.63, 3.8) is 0 Å². The minimum absolute atomic E-state index is 0.751. The first kappa shape index (κ1) is 13.1. The molecular weight excluding hydrogens is 274 g/mol. The zero-order valence-corrected chi connectivity index (χ0v) is 12.2. The van der Waals surface area contributed by atoms with E-state index in [4.69, 9.17) is 0 Å². The van der Waals surface area contributed by atoms with Crippen LogP contribution in [-0.4, -0.2) is 12.6 Å². The van der Waals surface area contributed by atoms with Crippen molar-refractivity contribution in [2.45, 2.75) is 45.1 Å². The summed E-state index contributed by atoms with van der Waals surface area (Å²) >= 11 is 3.65. The fourth-order valence-corrected chi connectivity index (χ4v) is 3.37. The molecule has 2 rings (SSSR count). The average molecular weight is 296 g/mol. The first-order chi connectivity index (χ1) is 8.29. The maximum absolute atomic E-state index is 3.65. The van der Waals surface area contributed by atoms with E-state index in [9.17, 15) is 0 Å². The molecule has 2 atom stereocenters. The Balaban J connectivity index is 1.92. The predicted molar refractivity (Wildman–Crippen MR) is 77.3 cm³/mol. The molecule has 0 amide bonds. The highest BCUT2D eigenvalue weighted by molar-refractivity contribution is 9.10. The summed E-state index contributed by atoms with van der Waals surface area (Å²) in [6.07, 6.45) is 6.70. The molecule has 2 heteroatoms. The minimum atomic E-state index is 0.751. The zero-order chi connectivity index (χ0) is 12.1. The second-order valence-corrected chi connectivity index (χ2v) is 5.94. The summed E-state index contributed by atoms with van der Waals surface area (Å²) in [6.45, 7) is 3.31. The van der Waals surface area contributed by atoms with E-state index < -0.39 is 0 Å². The van der Waals surface area contributed by atoms with Gasteiger partial charge in [-0.05, 0) is 43.4 Å². The van der Waals surface area contributed by atoms with Crippen LogP contribution in [0, 0.1) is 5.92 Å². The summed E-state index contributed by atoms with van der Waals surface area (Å²) in [5.41, 5.74) is 1.47. The van der Waals surface area contributed by atoms with Crippen molar-refractivity contribution < 1.29 is 0 Å². The lowest BCUT2D eigenvalue weighted by Crippen LogP contribution is -2.34. The van der Waals surface area contributed by atoms with Crippen LogP contribution in [0.25, 0.3) is 0 Å². The molecule has 1 N–H and O–H groups in total. The Kier molecular flexibility index (Phi) is 5.05. The van der Waals surface area contributed by atoms with Gasteiger partial charge >= 0.3 is 0 Å². The van der Waals surface area contributed by atoms with E-state index in [1.54, 1.807) is 0 Å². The van der Waals surface area contributed by atoms with Crippen LogP contribution < -0.4 is 5.32 Å². The van der Waals surface area contributed by atoms with Crippen molar-refractivity contribution in [3.8, 4) is 0 Å². The van der Waals surface area contributed by atoms with Gasteiger partial charge < -0.3 is 5.32 Å². The third kappa shape index (κ3) is 3.82. The van der Waals surface area contributed by atoms with E-state index in [0.717, 1.165) is 18.5 Å². The SMILES string of the molecule is CCNC1CCCC(Cc2ccccc2Br)C1. The van der Waals surface area contributed by atoms with Gasteiger partial charge in [0.15, 0.2) is 0 Å². The summed E-state index contributed by atoms with van der Waals surface area (Å²) in [6, 6.07) is 9.39. The molecule has 1 aromatic rings. The number of benzene rings is 1. The lowest BCUT2D eigenvalue weighted by atomic mass is 9.82. The molecule has 1 aliphatic carbocycles. The molecule has 2 unspecified atom stereocenters. The molecule has 1 fully saturated rings. The summed E-state index contributed by atoms with van der Waals surface area (Å²) < 4.78 is 1.27. The smallest absolute Gasteiger partial charge is 0.0207 e. The van der Waals surface area contributed by atoms with Crippen LogP contribution in [0.15, 0.2) is 28.7 Å². The number of hydrogen-bond donors (Lipinski definition) is 1. The van der Waals surface area contributed by atoms with Crippen LogP contribution >= 0.6 is 15.9 Å². The maximum atomic E-state index is 3.65. The molecule has 0 aliphatic heterocycles. The summed E-state index contributed by atoms with van der Waals surface area (Å²) in [5.74, 6) is 0.853. The van der Waals surface area contributed by atoms with Crippen molar-refractivity contribution in [1.29, 1.82) is 0 Å². The molecular formula is C15H22BrN. The molecule has 0 bridgehead atoms. The Morgan fingerprint density at radius 2 is 2.12 bits per heavy atom. The lowest BCUT2D eigenvalue weighted by Gasteiger charge is -2.30. The van der Waals surface area contributed by atoms with Gasteiger partial charge in [0.05, 0.1) is 0 Å². The van der Waals surface area contributed by atoms with Gasteiger partial charge in [-0.2, -0.15) is 0 Å². The highest BCUT2D eigenvalue weighted by Gasteiger charge is 2.21. The molecule has 17 heavy (non-hydrogen) atoms. The first-order valence-electron chi connectivity index (χ1n) is 6.76. The highest BCUT2D eigenvalue weighted by atomic mass is 79.9. The van der Waals surface area contributed by atoms with E-state index in [2.05, 4.69) is 52.4 Å². The second kappa shape index (κ2) is 6.55. The average Bonchev–Trinajstić information content (AvgIpc) is 2.33. The topological polar surface area (TPSA) is 12.0 Å². The van der Waals surface area contributed by atoms with Gasteiger partial charge in [-0.3, -0.25) is 0 Å². The van der Waals surface area contributed by atoms with Crippen LogP contribution in [-0.2, 0) is 6.42 Å². The van der Waals surface area contributed by atoms with Crippen molar-refractivity contribution >= 4 is 15.9 Å². The van der Waals surface area contributed by atoms with Gasteiger partial charge in [0.2, 0.25) is 0 Å². The van der Waals surface area contributed by atoms with Gasteiger partial charge in [-0.25, -0.2) is 0 Å². The normalized spacial score (nSPS) is 24.8. The van der Waals surface area contributed by atoms with Gasteiger partial charge in [0, 0.05) is 10.5 Å². The fraction of sp³-hybridized carbons (Fsp3) is 0.600. The van der Waals surface area contributed by atoms with E-state index in [1.807, 2.05) is 0 Å². The fourth-order valence-electron chi connectivity index (χ4n) is 2.93. The molecule has 94 valence electrons. The summed E-state index contributed by atoms with van der Waals surface area (Å²) in [5, 5.41) is 3.60. The van der Waals surface area contributed by atoms with Crippen molar-refractivity contribution in [2.75, 3.05) is 6.54 Å². The van der Waals surface area contributed by atoms with Crippen molar-refractivity contribution in [2.24, 2.45) is 5.92 Å². The number of nitrogens with one attached hydrogen (secondary N) is 1. The second-order valence-electron chi connectivity index (χ2n) is 5.08. The molecule has 1 nitrogen and oxygen atoms in total. The van der Waals surface area contributed by atoms with Gasteiger partial charge in [0.1, 0.15) is 0 Å². The number of halogens is 1. The molecule has 0 heterocycles. The first-order valence-corrected chi connectivity index (χ1v) is 7.55. The largest absolute Gasteiger partial charge is 0.314 e. The quantitative estimate of drug-likeness (QED) is 0.879. The Hall–Kier alpha value is -0.340. The Labute approximate surface area is 113 Å². The molecule has 1 aliphatic rings. The zero-order valence-electron chi connectivity index (χ0n) is 10.6. The molecule has 0 aromatic heterocycles. The summed E-state index contributed by atoms with van der Waals surface area (Å²) in [7, 11) is 0. The number of hydrogen-bond acceptors (Lipinski definition) is 1. The minimum Gasteiger partial charge on any atom is -0.314 e. The monoisotopic (exact) mass is 295 g/mol. The van der Waals surface area contributed by atoms with Gasteiger partial charge in [-0.15, -0.1) is 0 Å². The molecule has 1 saturated carbocycles. The van der Waals surface area contributed by atoms with E-state index >= 15 is 0 Å². The third-order valence-electron chi connectivity index (χ3n) is 3.74. The molecule has 0 radical (unpaired) electrons. The van der Waals surface area contributed by atoms with Crippen LogP contribution in [0.4, 0.5) is 0 Å². The molecule has 0 spiro atoms. The predicted octanol–water partition coefficient (Wildman–Crippen LogP) is 4.16. The van der Waals surface area contributed by atoms with Crippen molar-refractivity contribution in [1.82, 2.24) is 5.32 Å². The van der Waals surface area contributed by atoms with E-state index in [-0.39, 0.29) is 0 Å². The van der Waals surface area contributed by atoms with E-state index in [1.165, 1.54) is 42.1 Å². The maximum Gasteiger partial charge on any atom is 0.0207 e. The summed E-state index contributed by atoms with van der Waals surface area (Å²) in [4.78, 5) is 0. The lowest BCUT2D eigenvalue weighted by molar-refractivity contribution is 0.287. The molecule has 0 saturated heterocycles. The Bertz CT molecular complexity index is 349.